The van der Waals surface area contributed by atoms with Crippen molar-refractivity contribution in [2.24, 2.45) is 5.73 Å². The fraction of sp³-hybridized carbons (Fsp3) is 0.538. The lowest BCUT2D eigenvalue weighted by Gasteiger charge is -2.22. The van der Waals surface area contributed by atoms with Crippen LogP contribution < -0.4 is 10.5 Å². The Hall–Kier alpha value is -0.540. The second-order valence-electron chi connectivity index (χ2n) is 4.25. The number of nitrogens with two attached hydrogens (primary N) is 1. The minimum absolute atomic E-state index is 0.680. The molecule has 0 spiro atoms. The van der Waals surface area contributed by atoms with E-state index in [1.165, 1.54) is 42.4 Å². The Morgan fingerprint density at radius 3 is 2.81 bits per heavy atom. The highest BCUT2D eigenvalue weighted by Gasteiger charge is 2.19. The summed E-state index contributed by atoms with van der Waals surface area (Å²) in [4.78, 5) is 0. The van der Waals surface area contributed by atoms with Gasteiger partial charge in [0.2, 0.25) is 0 Å². The van der Waals surface area contributed by atoms with Crippen LogP contribution in [0.25, 0.3) is 0 Å². The van der Waals surface area contributed by atoms with Gasteiger partial charge in [0.25, 0.3) is 0 Å². The van der Waals surface area contributed by atoms with Gasteiger partial charge in [-0.05, 0) is 71.8 Å². The molecule has 1 aromatic rings. The zero-order chi connectivity index (χ0) is 11.5. The highest BCUT2D eigenvalue weighted by Crippen LogP contribution is 2.37. The standard InChI is InChI=1S/C13H18BrNO/c1-16-13-11(6-7-15)10-5-3-2-4-9(10)8-12(13)14/h8H,2-7,15H2,1H3. The Morgan fingerprint density at radius 2 is 2.12 bits per heavy atom. The van der Waals surface area contributed by atoms with Gasteiger partial charge in [-0.15, -0.1) is 0 Å². The molecule has 0 fully saturated rings. The smallest absolute Gasteiger partial charge is 0.136 e. The Labute approximate surface area is 105 Å². The minimum atomic E-state index is 0.680. The summed E-state index contributed by atoms with van der Waals surface area (Å²) in [5.41, 5.74) is 9.97. The van der Waals surface area contributed by atoms with E-state index >= 15 is 0 Å². The molecule has 1 aromatic carbocycles. The van der Waals surface area contributed by atoms with Crippen molar-refractivity contribution < 1.29 is 4.74 Å². The van der Waals surface area contributed by atoms with Gasteiger partial charge in [-0.25, -0.2) is 0 Å². The van der Waals surface area contributed by atoms with Gasteiger partial charge in [0.1, 0.15) is 5.75 Å². The van der Waals surface area contributed by atoms with Crippen LogP contribution in [0, 0.1) is 0 Å². The number of fused-ring (bicyclic) bond motifs is 1. The van der Waals surface area contributed by atoms with E-state index in [0.29, 0.717) is 6.54 Å². The van der Waals surface area contributed by atoms with Crippen LogP contribution in [0.3, 0.4) is 0 Å². The first kappa shape index (κ1) is 11.9. The average Bonchev–Trinajstić information content (AvgIpc) is 2.29. The Kier molecular flexibility index (Phi) is 3.87. The molecule has 0 unspecified atom stereocenters. The van der Waals surface area contributed by atoms with Crippen molar-refractivity contribution in [3.8, 4) is 5.75 Å². The van der Waals surface area contributed by atoms with Crippen molar-refractivity contribution in [3.63, 3.8) is 0 Å². The summed E-state index contributed by atoms with van der Waals surface area (Å²) < 4.78 is 6.56. The molecule has 16 heavy (non-hydrogen) atoms. The van der Waals surface area contributed by atoms with Crippen LogP contribution in [0.15, 0.2) is 10.5 Å². The summed E-state index contributed by atoms with van der Waals surface area (Å²) in [6.45, 7) is 0.680. The number of ether oxygens (including phenoxy) is 1. The molecule has 0 atom stereocenters. The van der Waals surface area contributed by atoms with Crippen LogP contribution >= 0.6 is 15.9 Å². The second-order valence-corrected chi connectivity index (χ2v) is 5.11. The fourth-order valence-corrected chi connectivity index (χ4v) is 3.24. The number of halogens is 1. The zero-order valence-corrected chi connectivity index (χ0v) is 11.3. The van der Waals surface area contributed by atoms with Crippen LogP contribution in [0.2, 0.25) is 0 Å². The molecule has 0 aliphatic heterocycles. The van der Waals surface area contributed by atoms with E-state index in [0.717, 1.165) is 16.6 Å². The van der Waals surface area contributed by atoms with E-state index in [4.69, 9.17) is 10.5 Å². The average molecular weight is 284 g/mol. The van der Waals surface area contributed by atoms with Gasteiger partial charge in [-0.2, -0.15) is 0 Å². The first-order valence-electron chi connectivity index (χ1n) is 5.85. The predicted molar refractivity (Wildman–Crippen MR) is 70.1 cm³/mol. The summed E-state index contributed by atoms with van der Waals surface area (Å²) in [5, 5.41) is 0. The summed E-state index contributed by atoms with van der Waals surface area (Å²) in [6.07, 6.45) is 5.86. The summed E-state index contributed by atoms with van der Waals surface area (Å²) in [7, 11) is 1.73. The van der Waals surface area contributed by atoms with E-state index in [9.17, 15) is 0 Å². The van der Waals surface area contributed by atoms with Crippen molar-refractivity contribution in [1.29, 1.82) is 0 Å². The Morgan fingerprint density at radius 1 is 1.38 bits per heavy atom. The lowest BCUT2D eigenvalue weighted by Crippen LogP contribution is -2.12. The third kappa shape index (κ3) is 2.11. The summed E-state index contributed by atoms with van der Waals surface area (Å²) in [6, 6.07) is 2.22. The largest absolute Gasteiger partial charge is 0.495 e. The maximum Gasteiger partial charge on any atom is 0.136 e. The molecule has 2 rings (SSSR count). The molecular weight excluding hydrogens is 266 g/mol. The molecule has 0 aromatic heterocycles. The number of rotatable bonds is 3. The molecule has 3 heteroatoms. The number of benzene rings is 1. The molecule has 0 saturated heterocycles. The summed E-state index contributed by atoms with van der Waals surface area (Å²) in [5.74, 6) is 0.978. The molecule has 1 aliphatic carbocycles. The van der Waals surface area contributed by atoms with E-state index in [1.807, 2.05) is 0 Å². The van der Waals surface area contributed by atoms with Gasteiger partial charge in [0.05, 0.1) is 11.6 Å². The van der Waals surface area contributed by atoms with Crippen LogP contribution in [0.1, 0.15) is 29.5 Å². The maximum absolute atomic E-state index is 5.70. The number of hydrogen-bond acceptors (Lipinski definition) is 2. The maximum atomic E-state index is 5.70. The quantitative estimate of drug-likeness (QED) is 0.926. The van der Waals surface area contributed by atoms with Crippen LogP contribution in [-0.2, 0) is 19.3 Å². The molecule has 88 valence electrons. The molecule has 0 amide bonds. The molecule has 2 nitrogen and oxygen atoms in total. The zero-order valence-electron chi connectivity index (χ0n) is 9.68. The number of hydrogen-bond donors (Lipinski definition) is 1. The van der Waals surface area contributed by atoms with Crippen molar-refractivity contribution in [2.75, 3.05) is 13.7 Å². The Balaban J connectivity index is 2.54. The minimum Gasteiger partial charge on any atom is -0.495 e. The van der Waals surface area contributed by atoms with E-state index in [-0.39, 0.29) is 0 Å². The third-order valence-electron chi connectivity index (χ3n) is 3.27. The topological polar surface area (TPSA) is 35.2 Å². The van der Waals surface area contributed by atoms with Gasteiger partial charge in [0.15, 0.2) is 0 Å². The van der Waals surface area contributed by atoms with Crippen molar-refractivity contribution in [2.45, 2.75) is 32.1 Å². The van der Waals surface area contributed by atoms with Gasteiger partial charge >= 0.3 is 0 Å². The van der Waals surface area contributed by atoms with Gasteiger partial charge in [-0.3, -0.25) is 0 Å². The van der Waals surface area contributed by atoms with Crippen LogP contribution in [-0.4, -0.2) is 13.7 Å². The molecule has 0 radical (unpaired) electrons. The molecule has 0 bridgehead atoms. The monoisotopic (exact) mass is 283 g/mol. The lowest BCUT2D eigenvalue weighted by atomic mass is 9.87. The van der Waals surface area contributed by atoms with Gasteiger partial charge in [0, 0.05) is 5.56 Å². The molecule has 2 N–H and O–H groups in total. The van der Waals surface area contributed by atoms with E-state index in [1.54, 1.807) is 7.11 Å². The van der Waals surface area contributed by atoms with Gasteiger partial charge < -0.3 is 10.5 Å². The molecule has 0 saturated carbocycles. The first-order chi connectivity index (χ1) is 7.77. The van der Waals surface area contributed by atoms with Crippen LogP contribution in [0.4, 0.5) is 0 Å². The lowest BCUT2D eigenvalue weighted by molar-refractivity contribution is 0.405. The highest BCUT2D eigenvalue weighted by atomic mass is 79.9. The molecular formula is C13H18BrNO. The van der Waals surface area contributed by atoms with Crippen molar-refractivity contribution in [1.82, 2.24) is 0 Å². The number of aryl methyl sites for hydroxylation is 1. The second kappa shape index (κ2) is 5.19. The molecule has 1 aliphatic rings. The third-order valence-corrected chi connectivity index (χ3v) is 3.85. The predicted octanol–water partition coefficient (Wildman–Crippen LogP) is 2.84. The van der Waals surface area contributed by atoms with Gasteiger partial charge in [-0.1, -0.05) is 0 Å². The SMILES string of the molecule is COc1c(Br)cc2c(c1CCN)CCCC2. The fourth-order valence-electron chi connectivity index (χ4n) is 2.56. The molecule has 0 heterocycles. The van der Waals surface area contributed by atoms with Crippen LogP contribution in [0.5, 0.6) is 5.75 Å². The Bertz CT molecular complexity index is 390. The van der Waals surface area contributed by atoms with Crippen molar-refractivity contribution >= 4 is 15.9 Å². The summed E-state index contributed by atoms with van der Waals surface area (Å²) >= 11 is 3.59. The highest BCUT2D eigenvalue weighted by molar-refractivity contribution is 9.10. The normalized spacial score (nSPS) is 14.7. The van der Waals surface area contributed by atoms with E-state index < -0.39 is 0 Å². The first-order valence-corrected chi connectivity index (χ1v) is 6.64. The van der Waals surface area contributed by atoms with Crippen molar-refractivity contribution in [3.05, 3.63) is 27.2 Å². The van der Waals surface area contributed by atoms with E-state index in [2.05, 4.69) is 22.0 Å². The number of methoxy groups -OCH3 is 1.